The molecule has 0 aliphatic carbocycles. The number of amides is 1. The number of fused-ring (bicyclic) bond motifs is 3. The number of hydrogen-bond acceptors (Lipinski definition) is 5. The van der Waals surface area contributed by atoms with Crippen LogP contribution in [0.4, 0.5) is 0 Å². The molecule has 0 radical (unpaired) electrons. The van der Waals surface area contributed by atoms with Gasteiger partial charge in [0.2, 0.25) is 5.91 Å². The molecule has 2 fully saturated rings. The van der Waals surface area contributed by atoms with Crippen molar-refractivity contribution in [3.63, 3.8) is 0 Å². The summed E-state index contributed by atoms with van der Waals surface area (Å²) in [5.74, 6) is 1.48. The van der Waals surface area contributed by atoms with Crippen LogP contribution in [0, 0.1) is 11.3 Å². The van der Waals surface area contributed by atoms with E-state index >= 15 is 0 Å². The Morgan fingerprint density at radius 2 is 2.13 bits per heavy atom. The average Bonchev–Trinajstić information content (AvgIpc) is 3.50. The van der Waals surface area contributed by atoms with Gasteiger partial charge in [-0.2, -0.15) is 5.26 Å². The third kappa shape index (κ3) is 3.47. The number of rotatable bonds is 4. The number of nitrogens with zero attached hydrogens (tertiary/aromatic N) is 6. The number of aromatic amines is 1. The van der Waals surface area contributed by atoms with E-state index in [9.17, 15) is 4.79 Å². The van der Waals surface area contributed by atoms with Crippen LogP contribution in [0.25, 0.3) is 22.1 Å². The van der Waals surface area contributed by atoms with E-state index in [4.69, 9.17) is 10.2 Å². The maximum Gasteiger partial charge on any atom is 0.219 e. The summed E-state index contributed by atoms with van der Waals surface area (Å²) in [6.07, 6.45) is 7.40. The first-order chi connectivity index (χ1) is 15.1. The van der Waals surface area contributed by atoms with Crippen molar-refractivity contribution in [2.45, 2.75) is 57.5 Å². The van der Waals surface area contributed by atoms with Gasteiger partial charge in [0.15, 0.2) is 0 Å². The number of nitrogens with one attached hydrogen (secondary N) is 1. The number of H-pyrrole nitrogens is 1. The highest BCUT2D eigenvalue weighted by Crippen LogP contribution is 2.37. The Labute approximate surface area is 181 Å². The zero-order chi connectivity index (χ0) is 21.5. The van der Waals surface area contributed by atoms with Crippen LogP contribution in [0.15, 0.2) is 18.5 Å². The summed E-state index contributed by atoms with van der Waals surface area (Å²) < 4.78 is 2.47. The number of likely N-dealkylation sites (tertiary alicyclic amines) is 2. The van der Waals surface area contributed by atoms with E-state index in [1.807, 2.05) is 17.3 Å². The van der Waals surface area contributed by atoms with E-state index in [0.29, 0.717) is 18.5 Å². The molecular formula is C23H29N7O. The molecule has 1 amide bonds. The SMILES string of the molecule is CC(=O)N1CCC(c2nc3cnc4[nH]ccc4c3n2C2CCN(C(C)CC#N)CC2)C1. The van der Waals surface area contributed by atoms with Gasteiger partial charge < -0.3 is 14.5 Å². The van der Waals surface area contributed by atoms with Crippen LogP contribution in [-0.2, 0) is 4.79 Å². The van der Waals surface area contributed by atoms with Crippen LogP contribution in [-0.4, -0.2) is 67.4 Å². The Morgan fingerprint density at radius 1 is 1.32 bits per heavy atom. The predicted molar refractivity (Wildman–Crippen MR) is 119 cm³/mol. The van der Waals surface area contributed by atoms with Crippen molar-refractivity contribution < 1.29 is 4.79 Å². The van der Waals surface area contributed by atoms with E-state index in [-0.39, 0.29) is 11.8 Å². The highest BCUT2D eigenvalue weighted by Gasteiger charge is 2.33. The van der Waals surface area contributed by atoms with Crippen LogP contribution in [0.5, 0.6) is 0 Å². The van der Waals surface area contributed by atoms with Crippen LogP contribution < -0.4 is 0 Å². The molecule has 2 atom stereocenters. The van der Waals surface area contributed by atoms with E-state index < -0.39 is 0 Å². The Bertz CT molecular complexity index is 1150. The van der Waals surface area contributed by atoms with Crippen LogP contribution in [0.2, 0.25) is 0 Å². The molecular weight excluding hydrogens is 390 g/mol. The first-order valence-electron chi connectivity index (χ1n) is 11.3. The average molecular weight is 420 g/mol. The zero-order valence-electron chi connectivity index (χ0n) is 18.2. The molecule has 2 aliphatic rings. The molecule has 3 aromatic rings. The Kier molecular flexibility index (Phi) is 5.14. The largest absolute Gasteiger partial charge is 0.346 e. The molecule has 3 aromatic heterocycles. The van der Waals surface area contributed by atoms with Crippen molar-refractivity contribution in [3.8, 4) is 6.07 Å². The quantitative estimate of drug-likeness (QED) is 0.701. The van der Waals surface area contributed by atoms with Crippen LogP contribution in [0.3, 0.4) is 0 Å². The molecule has 2 saturated heterocycles. The summed E-state index contributed by atoms with van der Waals surface area (Å²) in [7, 11) is 0. The summed E-state index contributed by atoms with van der Waals surface area (Å²) in [6.45, 7) is 7.30. The number of hydrogen-bond donors (Lipinski definition) is 1. The number of nitriles is 1. The van der Waals surface area contributed by atoms with Gasteiger partial charge in [-0.15, -0.1) is 0 Å². The van der Waals surface area contributed by atoms with E-state index in [1.54, 1.807) is 6.92 Å². The zero-order valence-corrected chi connectivity index (χ0v) is 18.2. The molecule has 162 valence electrons. The van der Waals surface area contributed by atoms with E-state index in [2.05, 4.69) is 38.5 Å². The molecule has 0 bridgehead atoms. The van der Waals surface area contributed by atoms with Crippen molar-refractivity contribution >= 4 is 28.0 Å². The lowest BCUT2D eigenvalue weighted by Crippen LogP contribution is -2.40. The normalized spacial score (nSPS) is 21.7. The fraction of sp³-hybridized carbons (Fsp3) is 0.565. The Hall–Kier alpha value is -2.92. The lowest BCUT2D eigenvalue weighted by atomic mass is 10.0. The summed E-state index contributed by atoms with van der Waals surface area (Å²) in [4.78, 5) is 29.2. The van der Waals surface area contributed by atoms with Gasteiger partial charge in [-0.1, -0.05) is 0 Å². The second-order valence-electron chi connectivity index (χ2n) is 9.00. The van der Waals surface area contributed by atoms with Gasteiger partial charge in [-0.3, -0.25) is 9.69 Å². The molecule has 8 heteroatoms. The van der Waals surface area contributed by atoms with Gasteiger partial charge in [-0.25, -0.2) is 9.97 Å². The highest BCUT2D eigenvalue weighted by atomic mass is 16.2. The minimum Gasteiger partial charge on any atom is -0.346 e. The first kappa shape index (κ1) is 20.0. The molecule has 2 aliphatic heterocycles. The first-order valence-corrected chi connectivity index (χ1v) is 11.3. The predicted octanol–water partition coefficient (Wildman–Crippen LogP) is 3.19. The molecule has 31 heavy (non-hydrogen) atoms. The third-order valence-electron chi connectivity index (χ3n) is 7.13. The smallest absolute Gasteiger partial charge is 0.219 e. The van der Waals surface area contributed by atoms with Gasteiger partial charge in [0.25, 0.3) is 0 Å². The lowest BCUT2D eigenvalue weighted by Gasteiger charge is -2.36. The minimum atomic E-state index is 0.139. The fourth-order valence-corrected chi connectivity index (χ4v) is 5.37. The fourth-order valence-electron chi connectivity index (χ4n) is 5.37. The Balaban J connectivity index is 1.53. The summed E-state index contributed by atoms with van der Waals surface area (Å²) >= 11 is 0. The summed E-state index contributed by atoms with van der Waals surface area (Å²) in [5.41, 5.74) is 2.98. The lowest BCUT2D eigenvalue weighted by molar-refractivity contribution is -0.127. The number of piperidine rings is 1. The summed E-state index contributed by atoms with van der Waals surface area (Å²) in [5, 5.41) is 10.2. The molecule has 1 N–H and O–H groups in total. The highest BCUT2D eigenvalue weighted by molar-refractivity contribution is 6.01. The maximum atomic E-state index is 11.9. The molecule has 8 nitrogen and oxygen atoms in total. The molecule has 0 saturated carbocycles. The molecule has 0 aromatic carbocycles. The number of carbonyl (C=O) groups is 1. The molecule has 0 spiro atoms. The maximum absolute atomic E-state index is 11.9. The van der Waals surface area contributed by atoms with Crippen molar-refractivity contribution in [3.05, 3.63) is 24.3 Å². The molecule has 5 heterocycles. The second kappa shape index (κ2) is 7.97. The van der Waals surface area contributed by atoms with Crippen molar-refractivity contribution in [1.82, 2.24) is 29.3 Å². The number of imidazole rings is 1. The Morgan fingerprint density at radius 3 is 2.84 bits per heavy atom. The van der Waals surface area contributed by atoms with Crippen molar-refractivity contribution in [2.24, 2.45) is 0 Å². The summed E-state index contributed by atoms with van der Waals surface area (Å²) in [6, 6.07) is 5.05. The number of aromatic nitrogens is 4. The third-order valence-corrected chi connectivity index (χ3v) is 7.13. The van der Waals surface area contributed by atoms with Gasteiger partial charge in [-0.05, 0) is 32.3 Å². The number of carbonyl (C=O) groups excluding carboxylic acids is 1. The van der Waals surface area contributed by atoms with Crippen molar-refractivity contribution in [1.29, 1.82) is 5.26 Å². The second-order valence-corrected chi connectivity index (χ2v) is 9.00. The van der Waals surface area contributed by atoms with Crippen molar-refractivity contribution in [2.75, 3.05) is 26.2 Å². The van der Waals surface area contributed by atoms with Gasteiger partial charge >= 0.3 is 0 Å². The van der Waals surface area contributed by atoms with Gasteiger partial charge in [0, 0.05) is 62.7 Å². The van der Waals surface area contributed by atoms with Crippen LogP contribution >= 0.6 is 0 Å². The van der Waals surface area contributed by atoms with E-state index in [1.165, 1.54) is 0 Å². The topological polar surface area (TPSA) is 93.8 Å². The van der Waals surface area contributed by atoms with E-state index in [0.717, 1.165) is 73.3 Å². The minimum absolute atomic E-state index is 0.139. The monoisotopic (exact) mass is 419 g/mol. The van der Waals surface area contributed by atoms with Gasteiger partial charge in [0.05, 0.1) is 24.2 Å². The standard InChI is InChI=1S/C23H29N7O/c1-15(3-8-24)28-11-6-18(7-12-28)30-21-19-4-9-25-22(19)26-13-20(21)27-23(30)17-5-10-29(14-17)16(2)31/h4,9,13,15,17-18H,3,5-7,10-12,14H2,1-2H3,(H,25,26). The van der Waals surface area contributed by atoms with Crippen LogP contribution in [0.1, 0.15) is 57.3 Å². The molecule has 2 unspecified atom stereocenters. The number of pyridine rings is 1. The van der Waals surface area contributed by atoms with Gasteiger partial charge in [0.1, 0.15) is 17.0 Å². The molecule has 5 rings (SSSR count).